The molecule has 1 saturated carbocycles. The number of amides is 1. The molecule has 0 aliphatic heterocycles. The first-order valence-electron chi connectivity index (χ1n) is 5.73. The molecule has 0 spiro atoms. The van der Waals surface area contributed by atoms with E-state index >= 15 is 0 Å². The van der Waals surface area contributed by atoms with Gasteiger partial charge in [-0.1, -0.05) is 19.3 Å². The molecule has 1 rings (SSSR count). The van der Waals surface area contributed by atoms with Crippen LogP contribution in [0.15, 0.2) is 0 Å². The molecule has 0 aromatic heterocycles. The van der Waals surface area contributed by atoms with Gasteiger partial charge in [-0.25, -0.2) is 4.79 Å². The summed E-state index contributed by atoms with van der Waals surface area (Å²) in [6.45, 7) is 5.28. The molecule has 1 amide bonds. The van der Waals surface area contributed by atoms with E-state index < -0.39 is 11.7 Å². The van der Waals surface area contributed by atoms with Crippen molar-refractivity contribution in [2.45, 2.75) is 58.5 Å². The minimum atomic E-state index is -0.725. The van der Waals surface area contributed by atoms with Crippen LogP contribution in [0.5, 0.6) is 0 Å². The number of nitrogens with zero attached hydrogens (tertiary/aromatic N) is 1. The van der Waals surface area contributed by atoms with Crippen molar-refractivity contribution in [2.75, 3.05) is 0 Å². The van der Waals surface area contributed by atoms with Crippen molar-refractivity contribution in [1.82, 2.24) is 0 Å². The first kappa shape index (κ1) is 14.8. The molecule has 4 heteroatoms. The molecule has 92 valence electrons. The maximum absolute atomic E-state index is 10.0. The first-order valence-corrected chi connectivity index (χ1v) is 5.73. The van der Waals surface area contributed by atoms with Crippen LogP contribution in [0, 0.1) is 17.2 Å². The molecular weight excluding hydrogens is 204 g/mol. The van der Waals surface area contributed by atoms with Crippen LogP contribution in [0.25, 0.3) is 0 Å². The lowest BCUT2D eigenvalue weighted by atomic mass is 9.91. The minimum Gasteiger partial charge on any atom is -0.444 e. The zero-order valence-corrected chi connectivity index (χ0v) is 10.5. The summed E-state index contributed by atoms with van der Waals surface area (Å²) >= 11 is 0. The predicted octanol–water partition coefficient (Wildman–Crippen LogP) is 2.97. The zero-order chi connectivity index (χ0) is 12.6. The number of hydrogen-bond acceptors (Lipinski definition) is 3. The molecule has 1 aliphatic carbocycles. The maximum atomic E-state index is 10.0. The molecule has 0 bridgehead atoms. The molecule has 4 nitrogen and oxygen atoms in total. The van der Waals surface area contributed by atoms with E-state index in [1.807, 2.05) is 0 Å². The number of primary amides is 1. The fraction of sp³-hybridized carbons (Fsp3) is 0.833. The SMILES string of the molecule is CC(C)(C)OC(N)=O.N#CC1CCCCC1. The van der Waals surface area contributed by atoms with Crippen LogP contribution in [0.2, 0.25) is 0 Å². The van der Waals surface area contributed by atoms with Crippen molar-refractivity contribution < 1.29 is 9.53 Å². The highest BCUT2D eigenvalue weighted by atomic mass is 16.6. The Hall–Kier alpha value is -1.24. The third-order valence-electron chi connectivity index (χ3n) is 2.19. The van der Waals surface area contributed by atoms with Crippen LogP contribution >= 0.6 is 0 Å². The average Bonchev–Trinajstić information content (AvgIpc) is 2.16. The maximum Gasteiger partial charge on any atom is 0.405 e. The van der Waals surface area contributed by atoms with Gasteiger partial charge < -0.3 is 10.5 Å². The Balaban J connectivity index is 0.000000281. The van der Waals surface area contributed by atoms with Crippen LogP contribution in [0.1, 0.15) is 52.9 Å². The Kier molecular flexibility index (Phi) is 6.55. The van der Waals surface area contributed by atoms with Gasteiger partial charge in [0, 0.05) is 5.92 Å². The number of rotatable bonds is 0. The Labute approximate surface area is 97.8 Å². The summed E-state index contributed by atoms with van der Waals surface area (Å²) in [7, 11) is 0. The van der Waals surface area contributed by atoms with Gasteiger partial charge in [0.05, 0.1) is 6.07 Å². The van der Waals surface area contributed by atoms with Gasteiger partial charge in [0.1, 0.15) is 5.60 Å². The molecule has 1 fully saturated rings. The lowest BCUT2D eigenvalue weighted by Gasteiger charge is -2.16. The van der Waals surface area contributed by atoms with Gasteiger partial charge in [-0.05, 0) is 33.6 Å². The summed E-state index contributed by atoms with van der Waals surface area (Å²) in [5.74, 6) is 0.392. The molecule has 2 N–H and O–H groups in total. The van der Waals surface area contributed by atoms with Crippen molar-refractivity contribution in [2.24, 2.45) is 11.7 Å². The van der Waals surface area contributed by atoms with Crippen molar-refractivity contribution in [3.05, 3.63) is 0 Å². The molecule has 0 saturated heterocycles. The van der Waals surface area contributed by atoms with Crippen LogP contribution in [0.3, 0.4) is 0 Å². The summed E-state index contributed by atoms with van der Waals surface area (Å²) < 4.78 is 4.58. The standard InChI is InChI=1S/C7H11N.C5H11NO2/c8-6-7-4-2-1-3-5-7;1-5(2,3)8-4(6)7/h7H,1-5H2;1-3H3,(H2,6,7). The van der Waals surface area contributed by atoms with Crippen LogP contribution < -0.4 is 5.73 Å². The molecule has 0 radical (unpaired) electrons. The lowest BCUT2D eigenvalue weighted by Crippen LogP contribution is -2.27. The normalized spacial score (nSPS) is 16.6. The molecule has 0 heterocycles. The number of carbonyl (C=O) groups is 1. The molecule has 0 atom stereocenters. The highest BCUT2D eigenvalue weighted by Gasteiger charge is 2.12. The predicted molar refractivity (Wildman–Crippen MR) is 62.6 cm³/mol. The molecule has 0 unspecified atom stereocenters. The second kappa shape index (κ2) is 7.10. The number of hydrogen-bond donors (Lipinski definition) is 1. The van der Waals surface area contributed by atoms with Crippen LogP contribution in [-0.2, 0) is 4.74 Å². The third-order valence-corrected chi connectivity index (χ3v) is 2.19. The summed E-state index contributed by atoms with van der Waals surface area (Å²) in [6, 6.07) is 2.30. The fourth-order valence-corrected chi connectivity index (χ4v) is 1.53. The van der Waals surface area contributed by atoms with E-state index in [0.717, 1.165) is 12.8 Å². The molecule has 16 heavy (non-hydrogen) atoms. The highest BCUT2D eigenvalue weighted by Crippen LogP contribution is 2.22. The van der Waals surface area contributed by atoms with Gasteiger partial charge >= 0.3 is 6.09 Å². The number of nitriles is 1. The summed E-state index contributed by atoms with van der Waals surface area (Å²) in [6.07, 6.45) is 5.47. The van der Waals surface area contributed by atoms with Crippen molar-refractivity contribution in [3.63, 3.8) is 0 Å². The van der Waals surface area contributed by atoms with Gasteiger partial charge in [0.25, 0.3) is 0 Å². The third kappa shape index (κ3) is 9.32. The van der Waals surface area contributed by atoms with E-state index in [1.165, 1.54) is 19.3 Å². The number of nitrogens with two attached hydrogens (primary N) is 1. The largest absolute Gasteiger partial charge is 0.444 e. The second-order valence-corrected chi connectivity index (χ2v) is 5.00. The molecule has 1 aliphatic rings. The lowest BCUT2D eigenvalue weighted by molar-refractivity contribution is 0.0600. The Bertz CT molecular complexity index is 245. The summed E-state index contributed by atoms with van der Waals surface area (Å²) in [5, 5.41) is 8.44. The first-order chi connectivity index (χ1) is 7.35. The van der Waals surface area contributed by atoms with Crippen LogP contribution in [0.4, 0.5) is 4.79 Å². The fourth-order valence-electron chi connectivity index (χ4n) is 1.53. The quantitative estimate of drug-likeness (QED) is 0.689. The van der Waals surface area contributed by atoms with Crippen molar-refractivity contribution in [3.8, 4) is 6.07 Å². The molecule has 0 aromatic carbocycles. The Morgan fingerprint density at radius 1 is 1.31 bits per heavy atom. The highest BCUT2D eigenvalue weighted by molar-refractivity contribution is 5.65. The van der Waals surface area contributed by atoms with Crippen molar-refractivity contribution >= 4 is 6.09 Å². The van der Waals surface area contributed by atoms with E-state index in [9.17, 15) is 4.79 Å². The van der Waals surface area contributed by atoms with E-state index in [2.05, 4.69) is 10.8 Å². The van der Waals surface area contributed by atoms with E-state index in [1.54, 1.807) is 20.8 Å². The van der Waals surface area contributed by atoms with Crippen LogP contribution in [-0.4, -0.2) is 11.7 Å². The van der Waals surface area contributed by atoms with Gasteiger partial charge in [-0.3, -0.25) is 0 Å². The monoisotopic (exact) mass is 226 g/mol. The smallest absolute Gasteiger partial charge is 0.405 e. The number of carbonyl (C=O) groups excluding carboxylic acids is 1. The molecule has 0 aromatic rings. The Morgan fingerprint density at radius 3 is 2.00 bits per heavy atom. The van der Waals surface area contributed by atoms with E-state index in [-0.39, 0.29) is 0 Å². The van der Waals surface area contributed by atoms with Gasteiger partial charge in [0.2, 0.25) is 0 Å². The van der Waals surface area contributed by atoms with E-state index in [4.69, 9.17) is 11.0 Å². The van der Waals surface area contributed by atoms with E-state index in [0.29, 0.717) is 5.92 Å². The van der Waals surface area contributed by atoms with Crippen molar-refractivity contribution in [1.29, 1.82) is 5.26 Å². The topological polar surface area (TPSA) is 76.1 Å². The van der Waals surface area contributed by atoms with Gasteiger partial charge in [-0.15, -0.1) is 0 Å². The van der Waals surface area contributed by atoms with Gasteiger partial charge in [0.15, 0.2) is 0 Å². The number of ether oxygens (including phenoxy) is 1. The summed E-state index contributed by atoms with van der Waals surface area (Å²) in [4.78, 5) is 10.0. The summed E-state index contributed by atoms with van der Waals surface area (Å²) in [5.41, 5.74) is 4.26. The minimum absolute atomic E-state index is 0.392. The average molecular weight is 226 g/mol. The van der Waals surface area contributed by atoms with Gasteiger partial charge in [-0.2, -0.15) is 5.26 Å². The molecular formula is C12H22N2O2. The Morgan fingerprint density at radius 2 is 1.81 bits per heavy atom. The second-order valence-electron chi connectivity index (χ2n) is 5.00. The zero-order valence-electron chi connectivity index (χ0n) is 10.5.